The fraction of sp³-hybridized carbons (Fsp3) is 0. The Morgan fingerprint density at radius 2 is 2.14 bits per heavy atom. The molecule has 0 radical (unpaired) electrons. The van der Waals surface area contributed by atoms with Crippen molar-refractivity contribution in [3.05, 3.63) is 12.2 Å². The lowest BCUT2D eigenvalue weighted by molar-refractivity contribution is -0.301. The summed E-state index contributed by atoms with van der Waals surface area (Å²) in [5.41, 5.74) is 0. The first kappa shape index (κ1) is 6.07. The quantitative estimate of drug-likeness (QED) is 0.424. The molecular weight excluding hydrogens is 106 g/mol. The zero-order chi connectivity index (χ0) is 5.86. The molecule has 0 saturated carbocycles. The van der Waals surface area contributed by atoms with Crippen LogP contribution in [0.2, 0.25) is 0 Å². The van der Waals surface area contributed by atoms with Gasteiger partial charge in [0.15, 0.2) is 5.83 Å². The lowest BCUT2D eigenvalue weighted by Crippen LogP contribution is -2.22. The van der Waals surface area contributed by atoms with Crippen molar-refractivity contribution in [1.82, 2.24) is 0 Å². The van der Waals surface area contributed by atoms with Crippen molar-refractivity contribution in [3.63, 3.8) is 0 Å². The number of carbonyl (C=O) groups is 1. The van der Waals surface area contributed by atoms with Gasteiger partial charge >= 0.3 is 0 Å². The predicted octanol–water partition coefficient (Wildman–Crippen LogP) is -0.483. The number of hydrogen-bond acceptors (Lipinski definition) is 2. The summed E-state index contributed by atoms with van der Waals surface area (Å²) >= 11 is 0. The standard InChI is InChI=1S/C3H2F2O2/c4-1-2(5)3(6)7/h1H,(H,6,7)/p-1/b2-1-. The van der Waals surface area contributed by atoms with Crippen molar-refractivity contribution in [3.8, 4) is 0 Å². The van der Waals surface area contributed by atoms with Gasteiger partial charge in [-0.1, -0.05) is 0 Å². The fourth-order valence-corrected chi connectivity index (χ4v) is 0.0445. The van der Waals surface area contributed by atoms with Crippen LogP contribution >= 0.6 is 0 Å². The molecule has 0 heterocycles. The van der Waals surface area contributed by atoms with Crippen LogP contribution < -0.4 is 5.11 Å². The maximum atomic E-state index is 11.1. The fourth-order valence-electron chi connectivity index (χ4n) is 0.0445. The van der Waals surface area contributed by atoms with Crippen LogP contribution in [0.25, 0.3) is 0 Å². The Labute approximate surface area is 38.1 Å². The average Bonchev–Trinajstić information content (AvgIpc) is 1.65. The van der Waals surface area contributed by atoms with E-state index in [0.29, 0.717) is 0 Å². The van der Waals surface area contributed by atoms with Crippen LogP contribution in [0.1, 0.15) is 0 Å². The molecule has 0 aliphatic carbocycles. The molecule has 0 bridgehead atoms. The SMILES string of the molecule is O=C([O-])/C(F)=C/F. The second-order valence-electron chi connectivity index (χ2n) is 0.745. The summed E-state index contributed by atoms with van der Waals surface area (Å²) in [6, 6.07) is 0. The number of carboxylic acid groups (broad SMARTS) is 1. The Balaban J connectivity index is 3.82. The summed E-state index contributed by atoms with van der Waals surface area (Å²) in [7, 11) is 0. The van der Waals surface area contributed by atoms with Gasteiger partial charge in [0.1, 0.15) is 12.3 Å². The third-order valence-corrected chi connectivity index (χ3v) is 0.291. The highest BCUT2D eigenvalue weighted by atomic mass is 19.2. The van der Waals surface area contributed by atoms with Crippen LogP contribution in [0, 0.1) is 0 Å². The van der Waals surface area contributed by atoms with E-state index >= 15 is 0 Å². The summed E-state index contributed by atoms with van der Waals surface area (Å²) in [4.78, 5) is 9.14. The lowest BCUT2D eigenvalue weighted by atomic mass is 10.6. The summed E-state index contributed by atoms with van der Waals surface area (Å²) in [6.45, 7) is 0. The maximum absolute atomic E-state index is 11.1. The summed E-state index contributed by atoms with van der Waals surface area (Å²) < 4.78 is 21.8. The van der Waals surface area contributed by atoms with E-state index in [1.54, 1.807) is 0 Å². The Kier molecular flexibility index (Phi) is 1.98. The van der Waals surface area contributed by atoms with Crippen LogP contribution in [0.3, 0.4) is 0 Å². The first-order chi connectivity index (χ1) is 3.18. The first-order valence-corrected chi connectivity index (χ1v) is 1.35. The number of halogens is 2. The molecule has 0 spiro atoms. The van der Waals surface area contributed by atoms with Crippen molar-refractivity contribution in [2.24, 2.45) is 0 Å². The minimum atomic E-state index is -2.14. The maximum Gasteiger partial charge on any atom is 0.174 e. The molecule has 40 valence electrons. The number of carbonyl (C=O) groups excluding carboxylic acids is 1. The lowest BCUT2D eigenvalue weighted by Gasteiger charge is -1.89. The molecule has 0 aromatic rings. The molecule has 0 aliphatic rings. The minimum Gasteiger partial charge on any atom is -0.542 e. The summed E-state index contributed by atoms with van der Waals surface area (Å²) in [5.74, 6) is -4.03. The van der Waals surface area contributed by atoms with Gasteiger partial charge in [0.2, 0.25) is 0 Å². The van der Waals surface area contributed by atoms with Crippen LogP contribution in [0.5, 0.6) is 0 Å². The van der Waals surface area contributed by atoms with Crippen molar-refractivity contribution in [2.75, 3.05) is 0 Å². The third-order valence-electron chi connectivity index (χ3n) is 0.291. The van der Waals surface area contributed by atoms with E-state index < -0.39 is 18.1 Å². The summed E-state index contributed by atoms with van der Waals surface area (Å²) in [6.07, 6.45) is -0.671. The highest BCUT2D eigenvalue weighted by molar-refractivity contribution is 5.81. The molecule has 0 fully saturated rings. The van der Waals surface area contributed by atoms with E-state index in [1.165, 1.54) is 0 Å². The highest BCUT2D eigenvalue weighted by Crippen LogP contribution is 1.91. The number of rotatable bonds is 1. The Morgan fingerprint density at radius 1 is 1.71 bits per heavy atom. The number of aliphatic carboxylic acids is 1. The van der Waals surface area contributed by atoms with Gasteiger partial charge < -0.3 is 9.90 Å². The molecule has 7 heavy (non-hydrogen) atoms. The van der Waals surface area contributed by atoms with E-state index in [1.807, 2.05) is 0 Å². The number of hydrogen-bond donors (Lipinski definition) is 0. The topological polar surface area (TPSA) is 40.1 Å². The molecule has 2 nitrogen and oxygen atoms in total. The molecule has 0 aromatic heterocycles. The van der Waals surface area contributed by atoms with Crippen LogP contribution in [-0.2, 0) is 4.79 Å². The van der Waals surface area contributed by atoms with Crippen LogP contribution in [0.15, 0.2) is 12.2 Å². The molecule has 0 rings (SSSR count). The monoisotopic (exact) mass is 107 g/mol. The molecular formula is C3HF2O2-. The second-order valence-corrected chi connectivity index (χ2v) is 0.745. The predicted molar refractivity (Wildman–Crippen MR) is 15.3 cm³/mol. The van der Waals surface area contributed by atoms with Gasteiger partial charge in [-0.2, -0.15) is 0 Å². The Morgan fingerprint density at radius 3 is 2.14 bits per heavy atom. The van der Waals surface area contributed by atoms with E-state index in [2.05, 4.69) is 0 Å². The van der Waals surface area contributed by atoms with Crippen LogP contribution in [-0.4, -0.2) is 5.97 Å². The van der Waals surface area contributed by atoms with Gasteiger partial charge in [-0.15, -0.1) is 0 Å². The van der Waals surface area contributed by atoms with Crippen LogP contribution in [0.4, 0.5) is 8.78 Å². The van der Waals surface area contributed by atoms with Gasteiger partial charge in [-0.05, 0) is 0 Å². The molecule has 0 aromatic carbocycles. The van der Waals surface area contributed by atoms with Gasteiger partial charge in [0.25, 0.3) is 0 Å². The van der Waals surface area contributed by atoms with E-state index in [4.69, 9.17) is 9.90 Å². The molecule has 0 amide bonds. The largest absolute Gasteiger partial charge is 0.542 e. The highest BCUT2D eigenvalue weighted by Gasteiger charge is 1.89. The second kappa shape index (κ2) is 2.28. The van der Waals surface area contributed by atoms with E-state index in [-0.39, 0.29) is 0 Å². The van der Waals surface area contributed by atoms with Crippen molar-refractivity contribution in [2.45, 2.75) is 0 Å². The molecule has 0 aliphatic heterocycles. The number of carboxylic acids is 1. The van der Waals surface area contributed by atoms with Crippen molar-refractivity contribution in [1.29, 1.82) is 0 Å². The zero-order valence-corrected chi connectivity index (χ0v) is 3.15. The summed E-state index contributed by atoms with van der Waals surface area (Å²) in [5, 5.41) is 9.14. The van der Waals surface area contributed by atoms with Gasteiger partial charge in [0.05, 0.1) is 0 Å². The Bertz CT molecular complexity index is 108. The normalized spacial score (nSPS) is 11.4. The molecule has 0 unspecified atom stereocenters. The smallest absolute Gasteiger partial charge is 0.174 e. The van der Waals surface area contributed by atoms with Crippen molar-refractivity contribution < 1.29 is 18.7 Å². The average molecular weight is 107 g/mol. The zero-order valence-electron chi connectivity index (χ0n) is 3.15. The third kappa shape index (κ3) is 1.86. The van der Waals surface area contributed by atoms with Gasteiger partial charge in [0, 0.05) is 0 Å². The minimum absolute atomic E-state index is 0.671. The molecule has 0 N–H and O–H groups in total. The molecule has 0 saturated heterocycles. The van der Waals surface area contributed by atoms with Gasteiger partial charge in [-0.3, -0.25) is 0 Å². The molecule has 4 heteroatoms. The van der Waals surface area contributed by atoms with Gasteiger partial charge in [-0.25, -0.2) is 8.78 Å². The first-order valence-electron chi connectivity index (χ1n) is 1.35. The van der Waals surface area contributed by atoms with Crippen molar-refractivity contribution >= 4 is 5.97 Å². The van der Waals surface area contributed by atoms with E-state index in [0.717, 1.165) is 0 Å². The van der Waals surface area contributed by atoms with E-state index in [9.17, 15) is 8.78 Å². The molecule has 0 atom stereocenters. The Hall–Kier alpha value is -0.930.